The Bertz CT molecular complexity index is 1050. The van der Waals surface area contributed by atoms with Gasteiger partial charge in [-0.1, -0.05) is 0 Å². The number of rotatable bonds is 4. The zero-order chi connectivity index (χ0) is 20.7. The summed E-state index contributed by atoms with van der Waals surface area (Å²) < 4.78 is 13.3. The van der Waals surface area contributed by atoms with E-state index in [1.807, 2.05) is 6.92 Å². The van der Waals surface area contributed by atoms with Crippen molar-refractivity contribution in [2.45, 2.75) is 51.2 Å². The molecular formula is C21H26N6O3. The molecule has 0 aromatic carbocycles. The third-order valence-corrected chi connectivity index (χ3v) is 6.46. The van der Waals surface area contributed by atoms with Crippen LogP contribution in [-0.4, -0.2) is 57.1 Å². The number of carbonyl (C=O) groups is 1. The molecule has 3 aromatic rings. The summed E-state index contributed by atoms with van der Waals surface area (Å²) in [6, 6.07) is 3.38. The summed E-state index contributed by atoms with van der Waals surface area (Å²) in [4.78, 5) is 14.5. The van der Waals surface area contributed by atoms with Crippen LogP contribution < -0.4 is 10.2 Å². The topological polar surface area (TPSA) is 97.8 Å². The Balaban J connectivity index is 1.22. The van der Waals surface area contributed by atoms with E-state index >= 15 is 0 Å². The number of aryl methyl sites for hydroxylation is 1. The smallest absolute Gasteiger partial charge is 0.287 e. The summed E-state index contributed by atoms with van der Waals surface area (Å²) in [6.07, 6.45) is 7.09. The van der Waals surface area contributed by atoms with Gasteiger partial charge in [-0.05, 0) is 57.2 Å². The molecule has 1 unspecified atom stereocenters. The number of fused-ring (bicyclic) bond motifs is 1. The molecule has 5 heterocycles. The molecule has 1 atom stereocenters. The zero-order valence-corrected chi connectivity index (χ0v) is 17.3. The molecule has 1 spiro atoms. The number of furan rings is 1. The van der Waals surface area contributed by atoms with Crippen LogP contribution in [-0.2, 0) is 4.74 Å². The molecule has 9 nitrogen and oxygen atoms in total. The third-order valence-electron chi connectivity index (χ3n) is 6.46. The van der Waals surface area contributed by atoms with Gasteiger partial charge in [0.15, 0.2) is 5.76 Å². The van der Waals surface area contributed by atoms with Crippen molar-refractivity contribution in [1.29, 1.82) is 0 Å². The predicted molar refractivity (Wildman–Crippen MR) is 110 cm³/mol. The Labute approximate surface area is 174 Å². The molecule has 2 aliphatic heterocycles. The first-order valence-corrected chi connectivity index (χ1v) is 10.5. The number of hydrogen-bond acceptors (Lipinski definition) is 7. The number of amides is 1. The van der Waals surface area contributed by atoms with E-state index in [1.165, 1.54) is 6.26 Å². The molecule has 2 fully saturated rings. The lowest BCUT2D eigenvalue weighted by Crippen LogP contribution is -2.45. The molecule has 0 saturated carbocycles. The molecule has 2 saturated heterocycles. The van der Waals surface area contributed by atoms with E-state index in [4.69, 9.17) is 9.15 Å². The van der Waals surface area contributed by atoms with Crippen LogP contribution >= 0.6 is 0 Å². The van der Waals surface area contributed by atoms with Gasteiger partial charge in [0.1, 0.15) is 6.33 Å². The van der Waals surface area contributed by atoms with E-state index in [9.17, 15) is 4.79 Å². The summed E-state index contributed by atoms with van der Waals surface area (Å²) in [5.74, 6) is 0.138. The van der Waals surface area contributed by atoms with Crippen molar-refractivity contribution in [3.05, 3.63) is 41.7 Å². The standard InChI is InChI=1S/C21H26N6O3/c1-14-15(2)25-27-13-23-24-19(27)18(14)26-9-7-21(8-10-26)6-5-16(30-21)12-22-20(28)17-4-3-11-29-17/h3-4,11,13,16H,5-10,12H2,1-2H3,(H,22,28). The van der Waals surface area contributed by atoms with Gasteiger partial charge in [-0.2, -0.15) is 9.61 Å². The average Bonchev–Trinajstić information content (AvgIpc) is 3.50. The van der Waals surface area contributed by atoms with Crippen molar-refractivity contribution in [3.63, 3.8) is 0 Å². The van der Waals surface area contributed by atoms with Gasteiger partial charge in [0.25, 0.3) is 5.91 Å². The number of nitrogens with one attached hydrogen (secondary N) is 1. The monoisotopic (exact) mass is 410 g/mol. The van der Waals surface area contributed by atoms with Gasteiger partial charge in [0.2, 0.25) is 5.65 Å². The van der Waals surface area contributed by atoms with E-state index in [1.54, 1.807) is 23.0 Å². The number of ether oxygens (including phenoxy) is 1. The minimum Gasteiger partial charge on any atom is -0.459 e. The summed E-state index contributed by atoms with van der Waals surface area (Å²) in [6.45, 7) is 6.43. The molecule has 1 N–H and O–H groups in total. The molecule has 0 radical (unpaired) electrons. The van der Waals surface area contributed by atoms with Gasteiger partial charge in [-0.15, -0.1) is 10.2 Å². The van der Waals surface area contributed by atoms with E-state index in [2.05, 4.69) is 32.4 Å². The number of carbonyl (C=O) groups excluding carboxylic acids is 1. The average molecular weight is 410 g/mol. The van der Waals surface area contributed by atoms with Gasteiger partial charge in [0.05, 0.1) is 29.3 Å². The van der Waals surface area contributed by atoms with Gasteiger partial charge in [-0.25, -0.2) is 0 Å². The minimum absolute atomic E-state index is 0.0450. The molecular weight excluding hydrogens is 384 g/mol. The number of anilines is 1. The summed E-state index contributed by atoms with van der Waals surface area (Å²) >= 11 is 0. The molecule has 1 amide bonds. The molecule has 9 heteroatoms. The number of hydrogen-bond donors (Lipinski definition) is 1. The maximum atomic E-state index is 12.1. The van der Waals surface area contributed by atoms with E-state index in [0.717, 1.165) is 61.4 Å². The van der Waals surface area contributed by atoms with Gasteiger partial charge in [0, 0.05) is 19.6 Å². The zero-order valence-electron chi connectivity index (χ0n) is 17.3. The van der Waals surface area contributed by atoms with Crippen molar-refractivity contribution in [1.82, 2.24) is 25.1 Å². The summed E-state index contributed by atoms with van der Waals surface area (Å²) in [7, 11) is 0. The number of aromatic nitrogens is 4. The largest absolute Gasteiger partial charge is 0.459 e. The van der Waals surface area contributed by atoms with Crippen LogP contribution in [0.1, 0.15) is 47.5 Å². The first kappa shape index (κ1) is 19.0. The normalized spacial score (nSPS) is 20.9. The van der Waals surface area contributed by atoms with Crippen molar-refractivity contribution in [2.75, 3.05) is 24.5 Å². The quantitative estimate of drug-likeness (QED) is 0.705. The van der Waals surface area contributed by atoms with Gasteiger partial charge in [-0.3, -0.25) is 4.79 Å². The molecule has 3 aromatic heterocycles. The van der Waals surface area contributed by atoms with Crippen LogP contribution in [0.2, 0.25) is 0 Å². The van der Waals surface area contributed by atoms with Gasteiger partial charge >= 0.3 is 0 Å². The predicted octanol–water partition coefficient (Wildman–Crippen LogP) is 2.28. The summed E-state index contributed by atoms with van der Waals surface area (Å²) in [5.41, 5.74) is 3.96. The fourth-order valence-electron chi connectivity index (χ4n) is 4.66. The second kappa shape index (κ2) is 7.39. The Hall–Kier alpha value is -2.94. The lowest BCUT2D eigenvalue weighted by molar-refractivity contribution is -0.0542. The van der Waals surface area contributed by atoms with Crippen molar-refractivity contribution < 1.29 is 13.9 Å². The molecule has 5 rings (SSSR count). The van der Waals surface area contributed by atoms with Crippen LogP contribution in [0.3, 0.4) is 0 Å². The van der Waals surface area contributed by atoms with Crippen molar-refractivity contribution >= 4 is 17.2 Å². The van der Waals surface area contributed by atoms with E-state index < -0.39 is 0 Å². The van der Waals surface area contributed by atoms with Crippen LogP contribution in [0.25, 0.3) is 5.65 Å². The maximum Gasteiger partial charge on any atom is 0.287 e. The van der Waals surface area contributed by atoms with Crippen molar-refractivity contribution in [2.24, 2.45) is 0 Å². The molecule has 0 aliphatic carbocycles. The highest BCUT2D eigenvalue weighted by Crippen LogP contribution is 2.40. The Kier molecular flexibility index (Phi) is 4.69. The second-order valence-corrected chi connectivity index (χ2v) is 8.29. The maximum absolute atomic E-state index is 12.1. The van der Waals surface area contributed by atoms with Crippen LogP contribution in [0, 0.1) is 13.8 Å². The number of piperidine rings is 1. The fourth-order valence-corrected chi connectivity index (χ4v) is 4.66. The first-order valence-electron chi connectivity index (χ1n) is 10.5. The molecule has 2 aliphatic rings. The van der Waals surface area contributed by atoms with E-state index in [-0.39, 0.29) is 17.6 Å². The highest BCUT2D eigenvalue weighted by Gasteiger charge is 2.43. The SMILES string of the molecule is Cc1nn2cnnc2c(N2CCC3(CCC(CNC(=O)c4ccco4)O3)CC2)c1C. The Morgan fingerprint density at radius 1 is 1.30 bits per heavy atom. The Morgan fingerprint density at radius 2 is 2.13 bits per heavy atom. The lowest BCUT2D eigenvalue weighted by atomic mass is 9.88. The lowest BCUT2D eigenvalue weighted by Gasteiger charge is -2.40. The fraction of sp³-hybridized carbons (Fsp3) is 0.524. The van der Waals surface area contributed by atoms with Crippen molar-refractivity contribution in [3.8, 4) is 0 Å². The summed E-state index contributed by atoms with van der Waals surface area (Å²) in [5, 5.41) is 15.8. The number of nitrogens with zero attached hydrogens (tertiary/aromatic N) is 5. The highest BCUT2D eigenvalue weighted by atomic mass is 16.5. The molecule has 0 bridgehead atoms. The Morgan fingerprint density at radius 3 is 2.90 bits per heavy atom. The minimum atomic E-state index is -0.194. The highest BCUT2D eigenvalue weighted by molar-refractivity contribution is 5.91. The molecule has 30 heavy (non-hydrogen) atoms. The van der Waals surface area contributed by atoms with Gasteiger partial charge < -0.3 is 19.4 Å². The third kappa shape index (κ3) is 3.32. The van der Waals surface area contributed by atoms with Crippen LogP contribution in [0.5, 0.6) is 0 Å². The molecule has 158 valence electrons. The second-order valence-electron chi connectivity index (χ2n) is 8.29. The van der Waals surface area contributed by atoms with Crippen LogP contribution in [0.15, 0.2) is 29.1 Å². The van der Waals surface area contributed by atoms with E-state index in [0.29, 0.717) is 12.3 Å². The van der Waals surface area contributed by atoms with Crippen LogP contribution in [0.4, 0.5) is 5.69 Å². The first-order chi connectivity index (χ1) is 14.5.